The molecule has 2 heterocycles. The maximum absolute atomic E-state index is 13.1. The molecule has 7 heteroatoms. The van der Waals surface area contributed by atoms with Crippen molar-refractivity contribution in [3.8, 4) is 11.4 Å². The number of nitrogens with zero attached hydrogens (tertiary/aromatic N) is 4. The van der Waals surface area contributed by atoms with Gasteiger partial charge in [-0.15, -0.1) is 16.8 Å². The molecule has 1 aromatic carbocycles. The fourth-order valence-electron chi connectivity index (χ4n) is 3.64. The number of rotatable bonds is 7. The van der Waals surface area contributed by atoms with Gasteiger partial charge < -0.3 is 4.90 Å². The molecule has 28 heavy (non-hydrogen) atoms. The molecule has 5 nitrogen and oxygen atoms in total. The van der Waals surface area contributed by atoms with Crippen molar-refractivity contribution in [1.29, 1.82) is 0 Å². The Balaban J connectivity index is 1.80. The lowest BCUT2D eigenvalue weighted by Crippen LogP contribution is -2.46. The molecule has 1 aliphatic rings. The molecule has 0 bridgehead atoms. The van der Waals surface area contributed by atoms with E-state index in [4.69, 9.17) is 0 Å². The molecule has 1 aliphatic heterocycles. The Kier molecular flexibility index (Phi) is 7.35. The number of carbonyl (C=O) groups is 1. The number of piperidine rings is 1. The van der Waals surface area contributed by atoms with Gasteiger partial charge in [-0.05, 0) is 44.7 Å². The summed E-state index contributed by atoms with van der Waals surface area (Å²) in [4.78, 5) is 15.2. The van der Waals surface area contributed by atoms with Gasteiger partial charge in [0.05, 0.1) is 5.25 Å². The van der Waals surface area contributed by atoms with Crippen LogP contribution in [-0.4, -0.2) is 43.4 Å². The zero-order valence-electron chi connectivity index (χ0n) is 16.5. The van der Waals surface area contributed by atoms with E-state index in [1.165, 1.54) is 18.2 Å². The Morgan fingerprint density at radius 2 is 2.11 bits per heavy atom. The van der Waals surface area contributed by atoms with Gasteiger partial charge in [-0.3, -0.25) is 9.36 Å². The van der Waals surface area contributed by atoms with Crippen LogP contribution in [0, 0.1) is 0 Å². The van der Waals surface area contributed by atoms with Gasteiger partial charge in [-0.2, -0.15) is 0 Å². The molecular formula is C21H27BrN4OS. The van der Waals surface area contributed by atoms with Crippen LogP contribution >= 0.6 is 27.7 Å². The summed E-state index contributed by atoms with van der Waals surface area (Å²) in [5.74, 6) is 0.994. The summed E-state index contributed by atoms with van der Waals surface area (Å²) in [5.41, 5.74) is 0.991. The van der Waals surface area contributed by atoms with Crippen LogP contribution in [0.25, 0.3) is 11.4 Å². The Morgan fingerprint density at radius 3 is 2.79 bits per heavy atom. The third kappa shape index (κ3) is 4.69. The number of benzene rings is 1. The van der Waals surface area contributed by atoms with Gasteiger partial charge in [0, 0.05) is 29.2 Å². The zero-order chi connectivity index (χ0) is 20.1. The van der Waals surface area contributed by atoms with E-state index in [0.717, 1.165) is 46.8 Å². The fraction of sp³-hybridized carbons (Fsp3) is 0.476. The highest BCUT2D eigenvalue weighted by Gasteiger charge is 2.30. The number of carbonyl (C=O) groups excluding carboxylic acids is 1. The second-order valence-electron chi connectivity index (χ2n) is 7.06. The largest absolute Gasteiger partial charge is 0.339 e. The molecule has 3 rings (SSSR count). The first-order valence-electron chi connectivity index (χ1n) is 9.82. The lowest BCUT2D eigenvalue weighted by molar-refractivity contribution is -0.134. The summed E-state index contributed by atoms with van der Waals surface area (Å²) in [6.07, 6.45) is 6.28. The number of allylic oxidation sites excluding steroid dienone is 1. The molecule has 1 amide bonds. The minimum atomic E-state index is -0.197. The molecule has 0 N–H and O–H groups in total. The summed E-state index contributed by atoms with van der Waals surface area (Å²) in [6, 6.07) is 8.37. The van der Waals surface area contributed by atoms with Crippen molar-refractivity contribution in [2.45, 2.75) is 62.5 Å². The zero-order valence-corrected chi connectivity index (χ0v) is 18.9. The molecular weight excluding hydrogens is 436 g/mol. The lowest BCUT2D eigenvalue weighted by atomic mass is 10.00. The van der Waals surface area contributed by atoms with E-state index in [0.29, 0.717) is 12.6 Å². The van der Waals surface area contributed by atoms with E-state index < -0.39 is 0 Å². The molecule has 0 spiro atoms. The molecule has 150 valence electrons. The molecule has 0 radical (unpaired) electrons. The summed E-state index contributed by atoms with van der Waals surface area (Å²) >= 11 is 4.95. The first kappa shape index (κ1) is 21.1. The van der Waals surface area contributed by atoms with Crippen molar-refractivity contribution in [3.63, 3.8) is 0 Å². The first-order valence-corrected chi connectivity index (χ1v) is 11.5. The standard InChI is InChI=1S/C21H27BrN4OS/c1-4-13-26-19(16-9-11-17(22)12-10-16)23-24-21(26)28-15(3)20(27)25-14-7-6-8-18(25)5-2/h4,9-12,15,18H,1,5-8,13-14H2,2-3H3. The molecule has 0 aliphatic carbocycles. The van der Waals surface area contributed by atoms with Crippen LogP contribution in [0.15, 0.2) is 46.5 Å². The number of hydrogen-bond donors (Lipinski definition) is 0. The predicted octanol–water partition coefficient (Wildman–Crippen LogP) is 5.17. The van der Waals surface area contributed by atoms with Crippen LogP contribution in [0.3, 0.4) is 0 Å². The molecule has 1 aromatic heterocycles. The Labute approximate surface area is 179 Å². The van der Waals surface area contributed by atoms with Crippen molar-refractivity contribution >= 4 is 33.6 Å². The highest BCUT2D eigenvalue weighted by Crippen LogP contribution is 2.30. The van der Waals surface area contributed by atoms with Crippen LogP contribution in [0.2, 0.25) is 0 Å². The summed E-state index contributed by atoms with van der Waals surface area (Å²) in [6.45, 7) is 9.47. The van der Waals surface area contributed by atoms with E-state index in [9.17, 15) is 4.79 Å². The topological polar surface area (TPSA) is 51.0 Å². The third-order valence-corrected chi connectivity index (χ3v) is 6.74. The van der Waals surface area contributed by atoms with Crippen LogP contribution in [0.1, 0.15) is 39.5 Å². The van der Waals surface area contributed by atoms with Gasteiger partial charge in [0.15, 0.2) is 11.0 Å². The van der Waals surface area contributed by atoms with Crippen molar-refractivity contribution in [3.05, 3.63) is 41.4 Å². The van der Waals surface area contributed by atoms with Gasteiger partial charge in [0.2, 0.25) is 5.91 Å². The Hall–Kier alpha value is -1.60. The smallest absolute Gasteiger partial charge is 0.236 e. The summed E-state index contributed by atoms with van der Waals surface area (Å²) < 4.78 is 3.05. The number of likely N-dealkylation sites (tertiary alicyclic amines) is 1. The summed E-state index contributed by atoms with van der Waals surface area (Å²) in [7, 11) is 0. The number of thioether (sulfide) groups is 1. The molecule has 1 saturated heterocycles. The molecule has 1 fully saturated rings. The number of amides is 1. The molecule has 2 unspecified atom stereocenters. The minimum absolute atomic E-state index is 0.197. The van der Waals surface area contributed by atoms with Gasteiger partial charge in [0.1, 0.15) is 0 Å². The van der Waals surface area contributed by atoms with Gasteiger partial charge >= 0.3 is 0 Å². The van der Waals surface area contributed by atoms with Crippen molar-refractivity contribution in [2.75, 3.05) is 6.54 Å². The second kappa shape index (κ2) is 9.74. The Bertz CT molecular complexity index is 820. The van der Waals surface area contributed by atoms with Gasteiger partial charge in [-0.1, -0.05) is 52.8 Å². The maximum atomic E-state index is 13.1. The van der Waals surface area contributed by atoms with Crippen LogP contribution in [-0.2, 0) is 11.3 Å². The van der Waals surface area contributed by atoms with E-state index >= 15 is 0 Å². The van der Waals surface area contributed by atoms with E-state index in [1.54, 1.807) is 0 Å². The predicted molar refractivity (Wildman–Crippen MR) is 118 cm³/mol. The van der Waals surface area contributed by atoms with Crippen LogP contribution in [0.4, 0.5) is 0 Å². The van der Waals surface area contributed by atoms with E-state index in [1.807, 2.05) is 41.8 Å². The number of halogens is 1. The van der Waals surface area contributed by atoms with E-state index in [2.05, 4.69) is 44.5 Å². The van der Waals surface area contributed by atoms with Crippen LogP contribution < -0.4 is 0 Å². The average Bonchev–Trinajstić information content (AvgIpc) is 3.10. The van der Waals surface area contributed by atoms with Crippen molar-refractivity contribution in [2.24, 2.45) is 0 Å². The molecule has 0 saturated carbocycles. The second-order valence-corrected chi connectivity index (χ2v) is 9.29. The highest BCUT2D eigenvalue weighted by atomic mass is 79.9. The molecule has 2 aromatic rings. The van der Waals surface area contributed by atoms with Crippen molar-refractivity contribution < 1.29 is 4.79 Å². The number of hydrogen-bond acceptors (Lipinski definition) is 4. The van der Waals surface area contributed by atoms with Crippen LogP contribution in [0.5, 0.6) is 0 Å². The quantitative estimate of drug-likeness (QED) is 0.420. The average molecular weight is 463 g/mol. The van der Waals surface area contributed by atoms with Gasteiger partial charge in [-0.25, -0.2) is 0 Å². The molecule has 2 atom stereocenters. The normalized spacial score (nSPS) is 18.1. The SMILES string of the molecule is C=CCn1c(SC(C)C(=O)N2CCCCC2CC)nnc1-c1ccc(Br)cc1. The van der Waals surface area contributed by atoms with Crippen molar-refractivity contribution in [1.82, 2.24) is 19.7 Å². The first-order chi connectivity index (χ1) is 13.5. The van der Waals surface area contributed by atoms with Gasteiger partial charge in [0.25, 0.3) is 0 Å². The Morgan fingerprint density at radius 1 is 1.36 bits per heavy atom. The summed E-state index contributed by atoms with van der Waals surface area (Å²) in [5, 5.41) is 9.34. The lowest BCUT2D eigenvalue weighted by Gasteiger charge is -2.36. The fourth-order valence-corrected chi connectivity index (χ4v) is 4.83. The van der Waals surface area contributed by atoms with E-state index in [-0.39, 0.29) is 11.2 Å². The maximum Gasteiger partial charge on any atom is 0.236 e. The third-order valence-electron chi connectivity index (χ3n) is 5.14. The minimum Gasteiger partial charge on any atom is -0.339 e. The monoisotopic (exact) mass is 462 g/mol. The highest BCUT2D eigenvalue weighted by molar-refractivity contribution is 9.10. The number of aromatic nitrogens is 3.